The van der Waals surface area contributed by atoms with E-state index in [-0.39, 0.29) is 6.54 Å². The summed E-state index contributed by atoms with van der Waals surface area (Å²) in [4.78, 5) is 0.407. The zero-order valence-electron chi connectivity index (χ0n) is 14.8. The van der Waals surface area contributed by atoms with E-state index in [2.05, 4.69) is 5.16 Å². The standard InChI is InChI=1S/C17H24N2O3S/c1-10-8-11(2)13(4)17(12(10)3)23(20,21)19(7)9-16-14(5)18-22-15(16)6/h8H,9H2,1-7H3. The van der Waals surface area contributed by atoms with Crippen LogP contribution < -0.4 is 0 Å². The Morgan fingerprint density at radius 1 is 1.04 bits per heavy atom. The Morgan fingerprint density at radius 3 is 2.00 bits per heavy atom. The quantitative estimate of drug-likeness (QED) is 0.859. The van der Waals surface area contributed by atoms with Crippen LogP contribution in [0.3, 0.4) is 0 Å². The predicted molar refractivity (Wildman–Crippen MR) is 90.0 cm³/mol. The first-order chi connectivity index (χ1) is 10.6. The van der Waals surface area contributed by atoms with E-state index in [1.165, 1.54) is 4.31 Å². The third kappa shape index (κ3) is 3.05. The molecule has 0 fully saturated rings. The van der Waals surface area contributed by atoms with Crippen molar-refractivity contribution in [2.45, 2.75) is 53.0 Å². The van der Waals surface area contributed by atoms with E-state index in [1.807, 2.05) is 40.7 Å². The highest BCUT2D eigenvalue weighted by Crippen LogP contribution is 2.29. The molecule has 1 aromatic heterocycles. The lowest BCUT2D eigenvalue weighted by Crippen LogP contribution is -2.28. The molecule has 0 spiro atoms. The number of benzene rings is 1. The molecule has 2 aromatic rings. The van der Waals surface area contributed by atoms with Gasteiger partial charge in [-0.25, -0.2) is 8.42 Å². The van der Waals surface area contributed by atoms with Crippen LogP contribution in [0, 0.1) is 41.5 Å². The maximum Gasteiger partial charge on any atom is 0.243 e. The summed E-state index contributed by atoms with van der Waals surface area (Å²) >= 11 is 0. The number of rotatable bonds is 4. The van der Waals surface area contributed by atoms with Crippen LogP contribution in [0.2, 0.25) is 0 Å². The Kier molecular flexibility index (Phi) is 4.69. The van der Waals surface area contributed by atoms with Crippen molar-refractivity contribution in [2.75, 3.05) is 7.05 Å². The molecule has 23 heavy (non-hydrogen) atoms. The number of nitrogens with zero attached hydrogens (tertiary/aromatic N) is 2. The molecule has 0 atom stereocenters. The Bertz CT molecular complexity index is 805. The van der Waals surface area contributed by atoms with Gasteiger partial charge in [-0.1, -0.05) is 11.2 Å². The molecule has 1 aromatic carbocycles. The fraction of sp³-hybridized carbons (Fsp3) is 0.471. The molecule has 126 valence electrons. The minimum Gasteiger partial charge on any atom is -0.361 e. The zero-order chi connectivity index (χ0) is 17.5. The molecule has 0 amide bonds. The molecule has 0 radical (unpaired) electrons. The van der Waals surface area contributed by atoms with Gasteiger partial charge in [0.1, 0.15) is 5.76 Å². The summed E-state index contributed by atoms with van der Waals surface area (Å²) in [5.41, 5.74) is 5.11. The third-order valence-corrected chi connectivity index (χ3v) is 6.61. The van der Waals surface area contributed by atoms with Crippen LogP contribution in [-0.4, -0.2) is 24.9 Å². The van der Waals surface area contributed by atoms with Crippen LogP contribution in [0.25, 0.3) is 0 Å². The predicted octanol–water partition coefficient (Wildman–Crippen LogP) is 3.35. The van der Waals surface area contributed by atoms with Gasteiger partial charge < -0.3 is 4.52 Å². The fourth-order valence-corrected chi connectivity index (χ4v) is 4.47. The largest absolute Gasteiger partial charge is 0.361 e. The van der Waals surface area contributed by atoms with Gasteiger partial charge in [-0.2, -0.15) is 4.31 Å². The minimum atomic E-state index is -3.59. The van der Waals surface area contributed by atoms with Gasteiger partial charge in [0.25, 0.3) is 0 Å². The smallest absolute Gasteiger partial charge is 0.243 e. The highest BCUT2D eigenvalue weighted by Gasteiger charge is 2.28. The van der Waals surface area contributed by atoms with E-state index in [0.29, 0.717) is 10.7 Å². The number of sulfonamides is 1. The number of hydrogen-bond acceptors (Lipinski definition) is 4. The van der Waals surface area contributed by atoms with Crippen molar-refractivity contribution in [3.05, 3.63) is 45.3 Å². The molecular weight excluding hydrogens is 312 g/mol. The van der Waals surface area contributed by atoms with E-state index in [1.54, 1.807) is 14.0 Å². The molecule has 5 nitrogen and oxygen atoms in total. The van der Waals surface area contributed by atoms with E-state index in [0.717, 1.165) is 33.5 Å². The molecule has 6 heteroatoms. The SMILES string of the molecule is Cc1cc(C)c(C)c(S(=O)(=O)N(C)Cc2c(C)noc2C)c1C. The topological polar surface area (TPSA) is 63.4 Å². The molecule has 0 aliphatic carbocycles. The van der Waals surface area contributed by atoms with Crippen molar-refractivity contribution in [1.82, 2.24) is 9.46 Å². The molecule has 0 bridgehead atoms. The molecule has 2 rings (SSSR count). The average molecular weight is 336 g/mol. The van der Waals surface area contributed by atoms with Crippen molar-refractivity contribution in [3.63, 3.8) is 0 Å². The van der Waals surface area contributed by atoms with Crippen LogP contribution in [-0.2, 0) is 16.6 Å². The summed E-state index contributed by atoms with van der Waals surface area (Å²) in [6.45, 7) is 11.5. The molecule has 0 saturated carbocycles. The lowest BCUT2D eigenvalue weighted by molar-refractivity contribution is 0.390. The van der Waals surface area contributed by atoms with E-state index in [4.69, 9.17) is 4.52 Å². The van der Waals surface area contributed by atoms with Crippen LogP contribution in [0.4, 0.5) is 0 Å². The van der Waals surface area contributed by atoms with E-state index < -0.39 is 10.0 Å². The maximum absolute atomic E-state index is 13.1. The van der Waals surface area contributed by atoms with E-state index >= 15 is 0 Å². The van der Waals surface area contributed by atoms with Gasteiger partial charge in [0.15, 0.2) is 0 Å². The second kappa shape index (κ2) is 6.09. The number of aryl methyl sites for hydroxylation is 4. The van der Waals surface area contributed by atoms with Crippen molar-refractivity contribution >= 4 is 10.0 Å². The summed E-state index contributed by atoms with van der Waals surface area (Å²) in [6.07, 6.45) is 0. The summed E-state index contributed by atoms with van der Waals surface area (Å²) < 4.78 is 32.7. The van der Waals surface area contributed by atoms with Gasteiger partial charge in [0.2, 0.25) is 10.0 Å². The van der Waals surface area contributed by atoms with Crippen LogP contribution in [0.15, 0.2) is 15.5 Å². The first kappa shape index (κ1) is 17.7. The second-order valence-electron chi connectivity index (χ2n) is 6.15. The first-order valence-corrected chi connectivity index (χ1v) is 8.96. The van der Waals surface area contributed by atoms with Crippen molar-refractivity contribution < 1.29 is 12.9 Å². The van der Waals surface area contributed by atoms with Crippen molar-refractivity contribution in [2.24, 2.45) is 0 Å². The van der Waals surface area contributed by atoms with E-state index in [9.17, 15) is 8.42 Å². The molecule has 0 N–H and O–H groups in total. The summed E-state index contributed by atoms with van der Waals surface area (Å²) in [5.74, 6) is 0.651. The van der Waals surface area contributed by atoms with Crippen LogP contribution >= 0.6 is 0 Å². The van der Waals surface area contributed by atoms with Crippen molar-refractivity contribution in [1.29, 1.82) is 0 Å². The lowest BCUT2D eigenvalue weighted by atomic mass is 10.0. The second-order valence-corrected chi connectivity index (χ2v) is 8.14. The third-order valence-electron chi connectivity index (χ3n) is 4.53. The lowest BCUT2D eigenvalue weighted by Gasteiger charge is -2.22. The highest BCUT2D eigenvalue weighted by molar-refractivity contribution is 7.89. The number of aromatic nitrogens is 1. The average Bonchev–Trinajstić information content (AvgIpc) is 2.77. The van der Waals surface area contributed by atoms with Gasteiger partial charge in [-0.05, 0) is 63.8 Å². The van der Waals surface area contributed by atoms with Crippen LogP contribution in [0.5, 0.6) is 0 Å². The highest BCUT2D eigenvalue weighted by atomic mass is 32.2. The normalized spacial score (nSPS) is 12.2. The van der Waals surface area contributed by atoms with Gasteiger partial charge in [-0.15, -0.1) is 0 Å². The summed E-state index contributed by atoms with van der Waals surface area (Å²) in [6, 6.07) is 2.03. The molecule has 0 saturated heterocycles. The number of hydrogen-bond donors (Lipinski definition) is 0. The van der Waals surface area contributed by atoms with Crippen LogP contribution in [0.1, 0.15) is 39.3 Å². The monoisotopic (exact) mass is 336 g/mol. The zero-order valence-corrected chi connectivity index (χ0v) is 15.6. The van der Waals surface area contributed by atoms with Gasteiger partial charge in [0.05, 0.1) is 10.6 Å². The molecular formula is C17H24N2O3S. The van der Waals surface area contributed by atoms with Crippen molar-refractivity contribution in [3.8, 4) is 0 Å². The summed E-state index contributed by atoms with van der Waals surface area (Å²) in [7, 11) is -2.00. The Morgan fingerprint density at radius 2 is 1.57 bits per heavy atom. The van der Waals surface area contributed by atoms with Gasteiger partial charge in [-0.3, -0.25) is 0 Å². The molecule has 0 aliphatic rings. The van der Waals surface area contributed by atoms with Gasteiger partial charge >= 0.3 is 0 Å². The first-order valence-electron chi connectivity index (χ1n) is 7.52. The Hall–Kier alpha value is -1.66. The molecule has 1 heterocycles. The minimum absolute atomic E-state index is 0.245. The fourth-order valence-electron chi connectivity index (χ4n) is 2.76. The maximum atomic E-state index is 13.1. The molecule has 0 aliphatic heterocycles. The van der Waals surface area contributed by atoms with Gasteiger partial charge in [0, 0.05) is 19.2 Å². The molecule has 0 unspecified atom stereocenters. The Labute approximate surface area is 138 Å². The Balaban J connectivity index is 2.51. The summed E-state index contributed by atoms with van der Waals surface area (Å²) in [5, 5.41) is 3.89.